The summed E-state index contributed by atoms with van der Waals surface area (Å²) >= 11 is 0. The predicted octanol–water partition coefficient (Wildman–Crippen LogP) is 5.32. The molecular weight excluding hydrogens is 500 g/mol. The average molecular weight is 531 g/mol. The number of para-hydroxylation sites is 2. The summed E-state index contributed by atoms with van der Waals surface area (Å²) in [4.78, 5) is 36.9. The number of aromatic nitrogens is 1. The first-order chi connectivity index (χ1) is 19.5. The van der Waals surface area contributed by atoms with Gasteiger partial charge in [0.15, 0.2) is 11.5 Å². The van der Waals surface area contributed by atoms with E-state index in [0.29, 0.717) is 30.9 Å². The van der Waals surface area contributed by atoms with E-state index in [9.17, 15) is 9.59 Å². The number of piperazine rings is 1. The van der Waals surface area contributed by atoms with Gasteiger partial charge in [-0.15, -0.1) is 0 Å². The number of hydrogen-bond acceptors (Lipinski definition) is 5. The van der Waals surface area contributed by atoms with Crippen molar-refractivity contribution in [2.24, 2.45) is 0 Å². The van der Waals surface area contributed by atoms with Gasteiger partial charge in [0.25, 0.3) is 11.8 Å². The lowest BCUT2D eigenvalue weighted by molar-refractivity contribution is -0.117. The minimum Gasteiger partial charge on any atom is -0.449 e. The van der Waals surface area contributed by atoms with Crippen LogP contribution in [0.4, 0.5) is 11.5 Å². The van der Waals surface area contributed by atoms with Crippen LogP contribution in [0.25, 0.3) is 6.08 Å². The number of fused-ring (bicyclic) bond motifs is 1. The van der Waals surface area contributed by atoms with E-state index >= 15 is 0 Å². The first-order valence-electron chi connectivity index (χ1n) is 13.5. The second-order valence-electron chi connectivity index (χ2n) is 10.0. The van der Waals surface area contributed by atoms with Crippen molar-refractivity contribution in [3.8, 4) is 5.75 Å². The molecule has 2 aliphatic heterocycles. The minimum atomic E-state index is -0.204. The molecule has 1 saturated heterocycles. The van der Waals surface area contributed by atoms with Crippen LogP contribution in [0.2, 0.25) is 0 Å². The van der Waals surface area contributed by atoms with Gasteiger partial charge in [-0.1, -0.05) is 60.2 Å². The summed E-state index contributed by atoms with van der Waals surface area (Å²) < 4.78 is 6.04. The van der Waals surface area contributed by atoms with E-state index in [2.05, 4.69) is 9.88 Å². The largest absolute Gasteiger partial charge is 0.449 e. The lowest BCUT2D eigenvalue weighted by Gasteiger charge is -2.35. The summed E-state index contributed by atoms with van der Waals surface area (Å²) in [6.45, 7) is 5.25. The third-order valence-electron chi connectivity index (χ3n) is 7.29. The number of rotatable bonds is 5. The van der Waals surface area contributed by atoms with Crippen molar-refractivity contribution in [2.45, 2.75) is 13.5 Å². The average Bonchev–Trinajstić information content (AvgIpc) is 3.01. The van der Waals surface area contributed by atoms with Gasteiger partial charge in [-0.3, -0.25) is 14.5 Å². The Morgan fingerprint density at radius 3 is 2.33 bits per heavy atom. The number of aryl methyl sites for hydroxylation is 1. The molecule has 0 radical (unpaired) electrons. The zero-order valence-electron chi connectivity index (χ0n) is 22.4. The van der Waals surface area contributed by atoms with Gasteiger partial charge in [0, 0.05) is 37.9 Å². The number of anilines is 2. The van der Waals surface area contributed by atoms with Crippen LogP contribution in [-0.2, 0) is 11.3 Å². The van der Waals surface area contributed by atoms with E-state index in [1.165, 1.54) is 5.56 Å². The van der Waals surface area contributed by atoms with Crippen molar-refractivity contribution < 1.29 is 14.3 Å². The molecular formula is C33H30N4O3. The summed E-state index contributed by atoms with van der Waals surface area (Å²) in [5.41, 5.74) is 4.37. The Morgan fingerprint density at radius 1 is 0.875 bits per heavy atom. The molecule has 6 rings (SSSR count). The molecule has 3 heterocycles. The van der Waals surface area contributed by atoms with Gasteiger partial charge in [0.1, 0.15) is 5.82 Å². The molecule has 2 amide bonds. The third-order valence-corrected chi connectivity index (χ3v) is 7.29. The number of ether oxygens (including phenoxy) is 1. The van der Waals surface area contributed by atoms with Crippen molar-refractivity contribution in [1.29, 1.82) is 0 Å². The van der Waals surface area contributed by atoms with E-state index in [-0.39, 0.29) is 17.6 Å². The highest BCUT2D eigenvalue weighted by molar-refractivity contribution is 6.09. The highest BCUT2D eigenvalue weighted by Crippen LogP contribution is 2.36. The maximum atomic E-state index is 13.5. The van der Waals surface area contributed by atoms with Crippen LogP contribution < -0.4 is 14.5 Å². The molecule has 2 aliphatic rings. The molecule has 7 heteroatoms. The maximum Gasteiger partial charge on any atom is 0.294 e. The van der Waals surface area contributed by atoms with Crippen LogP contribution in [0.3, 0.4) is 0 Å². The lowest BCUT2D eigenvalue weighted by Crippen LogP contribution is -2.49. The number of nitrogens with zero attached hydrogens (tertiary/aromatic N) is 4. The Hall–Kier alpha value is -4.91. The van der Waals surface area contributed by atoms with Gasteiger partial charge in [-0.25, -0.2) is 4.98 Å². The number of hydrogen-bond donors (Lipinski definition) is 0. The van der Waals surface area contributed by atoms with Crippen LogP contribution >= 0.6 is 0 Å². The molecule has 1 aromatic heterocycles. The molecule has 1 fully saturated rings. The van der Waals surface area contributed by atoms with Crippen LogP contribution in [0.5, 0.6) is 5.75 Å². The van der Waals surface area contributed by atoms with Gasteiger partial charge in [0.05, 0.1) is 12.2 Å². The number of amides is 2. The van der Waals surface area contributed by atoms with Crippen LogP contribution in [0.1, 0.15) is 27.0 Å². The van der Waals surface area contributed by atoms with Crippen molar-refractivity contribution in [2.75, 3.05) is 36.0 Å². The maximum absolute atomic E-state index is 13.5. The normalized spacial score (nSPS) is 16.1. The Morgan fingerprint density at radius 2 is 1.60 bits per heavy atom. The molecule has 40 heavy (non-hydrogen) atoms. The summed E-state index contributed by atoms with van der Waals surface area (Å²) in [7, 11) is 0. The zero-order valence-corrected chi connectivity index (χ0v) is 22.4. The van der Waals surface area contributed by atoms with Crippen LogP contribution in [0, 0.1) is 6.92 Å². The van der Waals surface area contributed by atoms with Gasteiger partial charge >= 0.3 is 0 Å². The highest BCUT2D eigenvalue weighted by Gasteiger charge is 2.30. The van der Waals surface area contributed by atoms with E-state index < -0.39 is 0 Å². The molecule has 0 saturated carbocycles. The molecule has 0 bridgehead atoms. The van der Waals surface area contributed by atoms with Gasteiger partial charge in [-0.05, 0) is 60.5 Å². The second-order valence-corrected chi connectivity index (χ2v) is 10.0. The lowest BCUT2D eigenvalue weighted by atomic mass is 10.1. The second kappa shape index (κ2) is 11.1. The molecule has 0 N–H and O–H groups in total. The first-order valence-corrected chi connectivity index (χ1v) is 13.5. The Kier molecular flexibility index (Phi) is 7.02. The number of carbonyl (C=O) groups excluding carboxylic acids is 2. The monoisotopic (exact) mass is 530 g/mol. The van der Waals surface area contributed by atoms with E-state index in [1.54, 1.807) is 17.2 Å². The molecule has 200 valence electrons. The Labute approximate surface area is 233 Å². The van der Waals surface area contributed by atoms with E-state index in [0.717, 1.165) is 35.7 Å². The summed E-state index contributed by atoms with van der Waals surface area (Å²) in [5.74, 6) is 1.62. The standard InChI is InChI=1S/C33H30N4O3/c1-24-9-11-26(12-10-24)23-37-28-6-2-3-7-29(28)40-30(33(37)39)22-25-13-15-27(16-14-25)32(38)36-20-18-35(19-21-36)31-8-4-5-17-34-31/h2-17,22H,18-21,23H2,1H3/b30-22+. The van der Waals surface area contributed by atoms with Crippen molar-refractivity contribution >= 4 is 29.4 Å². The predicted molar refractivity (Wildman–Crippen MR) is 156 cm³/mol. The summed E-state index contributed by atoms with van der Waals surface area (Å²) in [6, 6.07) is 28.9. The quantitative estimate of drug-likeness (QED) is 0.327. The minimum absolute atomic E-state index is 0.00284. The molecule has 0 unspecified atom stereocenters. The van der Waals surface area contributed by atoms with Gasteiger partial charge < -0.3 is 14.5 Å². The highest BCUT2D eigenvalue weighted by atomic mass is 16.5. The molecule has 4 aromatic rings. The fourth-order valence-corrected chi connectivity index (χ4v) is 5.03. The van der Waals surface area contributed by atoms with Crippen LogP contribution in [-0.4, -0.2) is 47.9 Å². The molecule has 0 spiro atoms. The number of benzene rings is 3. The van der Waals surface area contributed by atoms with E-state index in [4.69, 9.17) is 4.74 Å². The topological polar surface area (TPSA) is 66.0 Å². The Bertz CT molecular complexity index is 1540. The van der Waals surface area contributed by atoms with Crippen molar-refractivity contribution in [3.05, 3.63) is 125 Å². The van der Waals surface area contributed by atoms with Gasteiger partial charge in [0.2, 0.25) is 0 Å². The van der Waals surface area contributed by atoms with Crippen molar-refractivity contribution in [3.63, 3.8) is 0 Å². The Balaban J connectivity index is 1.16. The van der Waals surface area contributed by atoms with Crippen molar-refractivity contribution in [1.82, 2.24) is 9.88 Å². The summed E-state index contributed by atoms with van der Waals surface area (Å²) in [6.07, 6.45) is 3.52. The fourth-order valence-electron chi connectivity index (χ4n) is 5.03. The molecule has 0 atom stereocenters. The fraction of sp³-hybridized carbons (Fsp3) is 0.182. The smallest absolute Gasteiger partial charge is 0.294 e. The van der Waals surface area contributed by atoms with Gasteiger partial charge in [-0.2, -0.15) is 0 Å². The van der Waals surface area contributed by atoms with E-state index in [1.807, 2.05) is 103 Å². The summed E-state index contributed by atoms with van der Waals surface area (Å²) in [5, 5.41) is 0. The number of pyridine rings is 1. The van der Waals surface area contributed by atoms with Crippen LogP contribution in [0.15, 0.2) is 103 Å². The third kappa shape index (κ3) is 5.31. The zero-order chi connectivity index (χ0) is 27.5. The molecule has 7 nitrogen and oxygen atoms in total. The molecule has 3 aromatic carbocycles. The number of carbonyl (C=O) groups is 2. The SMILES string of the molecule is Cc1ccc(CN2C(=O)/C(=C\c3ccc(C(=O)N4CCN(c5ccccn5)CC4)cc3)Oc3ccccc32)cc1. The molecule has 0 aliphatic carbocycles. The first kappa shape index (κ1) is 25.4.